The standard InChI is InChI=1S/C20H15Cl2F6N3O2/c21-14-5-13(6-15(22)7-14)18(20(26,27)28)8-16(31-33-18)12-3-1-11(2-4-12)9-29-17(32)30-10-19(23,24)25/h1-8,31H,9-10H2,(H2,29,30,32). The Morgan fingerprint density at radius 2 is 1.58 bits per heavy atom. The van der Waals surface area contributed by atoms with E-state index < -0.39 is 30.5 Å². The highest BCUT2D eigenvalue weighted by Crippen LogP contribution is 2.48. The molecule has 1 heterocycles. The normalized spacial score (nSPS) is 18.5. The molecular weight excluding hydrogens is 499 g/mol. The van der Waals surface area contributed by atoms with Crippen LogP contribution in [0.2, 0.25) is 10.0 Å². The van der Waals surface area contributed by atoms with Crippen molar-refractivity contribution in [1.82, 2.24) is 16.1 Å². The lowest BCUT2D eigenvalue weighted by atomic mass is 9.91. The average molecular weight is 514 g/mol. The summed E-state index contributed by atoms with van der Waals surface area (Å²) in [6, 6.07) is 8.38. The molecule has 5 nitrogen and oxygen atoms in total. The van der Waals surface area contributed by atoms with E-state index in [1.54, 1.807) is 5.32 Å². The number of nitrogens with one attached hydrogen (secondary N) is 3. The van der Waals surface area contributed by atoms with Crippen LogP contribution >= 0.6 is 23.2 Å². The topological polar surface area (TPSA) is 62.4 Å². The molecule has 2 aromatic carbocycles. The molecule has 178 valence electrons. The van der Waals surface area contributed by atoms with Crippen LogP contribution in [0.3, 0.4) is 0 Å². The molecule has 13 heteroatoms. The summed E-state index contributed by atoms with van der Waals surface area (Å²) in [4.78, 5) is 16.4. The molecule has 3 rings (SSSR count). The molecule has 0 saturated carbocycles. The Balaban J connectivity index is 1.76. The van der Waals surface area contributed by atoms with E-state index in [4.69, 9.17) is 28.0 Å². The van der Waals surface area contributed by atoms with Gasteiger partial charge in [-0.05, 0) is 35.4 Å². The van der Waals surface area contributed by atoms with Crippen molar-refractivity contribution in [3.63, 3.8) is 0 Å². The Morgan fingerprint density at radius 3 is 2.12 bits per heavy atom. The summed E-state index contributed by atoms with van der Waals surface area (Å²) in [6.45, 7) is -1.57. The quantitative estimate of drug-likeness (QED) is 0.450. The highest BCUT2D eigenvalue weighted by Gasteiger charge is 2.59. The maximum absolute atomic E-state index is 14.0. The minimum Gasteiger partial charge on any atom is -0.334 e. The molecule has 33 heavy (non-hydrogen) atoms. The molecule has 1 atom stereocenters. The van der Waals surface area contributed by atoms with E-state index in [-0.39, 0.29) is 27.9 Å². The van der Waals surface area contributed by atoms with E-state index in [9.17, 15) is 31.1 Å². The summed E-state index contributed by atoms with van der Waals surface area (Å²) in [5.41, 5.74) is -0.0254. The van der Waals surface area contributed by atoms with Crippen LogP contribution in [0.1, 0.15) is 16.7 Å². The van der Waals surface area contributed by atoms with Gasteiger partial charge >= 0.3 is 18.4 Å². The minimum atomic E-state index is -4.86. The number of hydrogen-bond donors (Lipinski definition) is 3. The van der Waals surface area contributed by atoms with Crippen molar-refractivity contribution in [3.8, 4) is 0 Å². The number of halogens is 8. The monoisotopic (exact) mass is 513 g/mol. The van der Waals surface area contributed by atoms with Crippen molar-refractivity contribution >= 4 is 34.9 Å². The number of benzene rings is 2. The largest absolute Gasteiger partial charge is 0.428 e. The Labute approximate surface area is 193 Å². The van der Waals surface area contributed by atoms with Crippen molar-refractivity contribution < 1.29 is 36.0 Å². The number of rotatable bonds is 5. The summed E-state index contributed by atoms with van der Waals surface area (Å²) in [6.07, 6.45) is -8.54. The predicted molar refractivity (Wildman–Crippen MR) is 109 cm³/mol. The summed E-state index contributed by atoms with van der Waals surface area (Å²) < 4.78 is 78.4. The molecule has 0 spiro atoms. The number of hydrogen-bond acceptors (Lipinski definition) is 3. The van der Waals surface area contributed by atoms with Crippen LogP contribution in [0.4, 0.5) is 31.1 Å². The van der Waals surface area contributed by atoms with Crippen molar-refractivity contribution in [1.29, 1.82) is 0 Å². The number of alkyl halides is 6. The van der Waals surface area contributed by atoms with Gasteiger partial charge in [-0.3, -0.25) is 10.3 Å². The molecule has 1 unspecified atom stereocenters. The minimum absolute atomic E-state index is 0.00250. The second-order valence-corrected chi connectivity index (χ2v) is 7.87. The molecule has 0 radical (unpaired) electrons. The van der Waals surface area contributed by atoms with Gasteiger partial charge in [0.15, 0.2) is 0 Å². The molecular formula is C20H15Cl2F6N3O2. The molecule has 0 aromatic heterocycles. The zero-order valence-electron chi connectivity index (χ0n) is 16.4. The van der Waals surface area contributed by atoms with Crippen LogP contribution in [0.15, 0.2) is 48.5 Å². The summed E-state index contributed by atoms with van der Waals surface area (Å²) in [5.74, 6) is 0. The lowest BCUT2D eigenvalue weighted by Gasteiger charge is -2.28. The number of urea groups is 1. The van der Waals surface area contributed by atoms with Crippen LogP contribution < -0.4 is 16.1 Å². The lowest BCUT2D eigenvalue weighted by Crippen LogP contribution is -2.42. The van der Waals surface area contributed by atoms with Gasteiger partial charge in [-0.1, -0.05) is 47.5 Å². The van der Waals surface area contributed by atoms with Gasteiger partial charge in [-0.2, -0.15) is 26.3 Å². The third-order valence-corrected chi connectivity index (χ3v) is 4.99. The Hall–Kier alpha value is -2.63. The van der Waals surface area contributed by atoms with E-state index in [1.807, 2.05) is 0 Å². The second kappa shape index (κ2) is 9.32. The third kappa shape index (κ3) is 6.04. The maximum atomic E-state index is 14.0. The molecule has 0 bridgehead atoms. The van der Waals surface area contributed by atoms with Gasteiger partial charge in [0, 0.05) is 22.2 Å². The van der Waals surface area contributed by atoms with Gasteiger partial charge in [0.05, 0.1) is 5.70 Å². The van der Waals surface area contributed by atoms with Crippen LogP contribution in [0.5, 0.6) is 0 Å². The van der Waals surface area contributed by atoms with Gasteiger partial charge in [0.25, 0.3) is 0 Å². The summed E-state index contributed by atoms with van der Waals surface area (Å²) >= 11 is 11.7. The van der Waals surface area contributed by atoms with Gasteiger partial charge in [0.2, 0.25) is 5.60 Å². The molecule has 0 saturated heterocycles. The van der Waals surface area contributed by atoms with Crippen LogP contribution in [-0.4, -0.2) is 24.9 Å². The van der Waals surface area contributed by atoms with E-state index in [0.29, 0.717) is 11.1 Å². The smallest absolute Gasteiger partial charge is 0.334 e. The Morgan fingerprint density at radius 1 is 0.970 bits per heavy atom. The number of amides is 2. The van der Waals surface area contributed by atoms with Gasteiger partial charge in [-0.15, -0.1) is 0 Å². The van der Waals surface area contributed by atoms with E-state index in [2.05, 4.69) is 10.8 Å². The lowest BCUT2D eigenvalue weighted by molar-refractivity contribution is -0.269. The zero-order valence-corrected chi connectivity index (χ0v) is 17.9. The maximum Gasteiger partial charge on any atom is 0.428 e. The van der Waals surface area contributed by atoms with Gasteiger partial charge < -0.3 is 10.6 Å². The fourth-order valence-corrected chi connectivity index (χ4v) is 3.51. The Kier molecular flexibility index (Phi) is 7.06. The van der Waals surface area contributed by atoms with Crippen LogP contribution in [-0.2, 0) is 17.0 Å². The molecule has 0 aliphatic carbocycles. The molecule has 0 fully saturated rings. The average Bonchev–Trinajstić information content (AvgIpc) is 3.17. The molecule has 1 aliphatic rings. The SMILES string of the molecule is O=C(NCc1ccc(C2=CC(c3cc(Cl)cc(Cl)c3)(C(F)(F)F)ON2)cc1)NCC(F)(F)F. The summed E-state index contributed by atoms with van der Waals surface area (Å²) in [7, 11) is 0. The molecule has 2 amide bonds. The van der Waals surface area contributed by atoms with Crippen molar-refractivity contribution in [2.45, 2.75) is 24.5 Å². The van der Waals surface area contributed by atoms with Crippen LogP contribution in [0.25, 0.3) is 5.70 Å². The first-order valence-corrected chi connectivity index (χ1v) is 9.93. The predicted octanol–water partition coefficient (Wildman–Crippen LogP) is 5.69. The van der Waals surface area contributed by atoms with Crippen molar-refractivity contribution in [3.05, 3.63) is 75.3 Å². The highest BCUT2D eigenvalue weighted by molar-refractivity contribution is 6.34. The van der Waals surface area contributed by atoms with Crippen molar-refractivity contribution in [2.75, 3.05) is 6.54 Å². The zero-order chi connectivity index (χ0) is 24.4. The van der Waals surface area contributed by atoms with Gasteiger partial charge in [0.1, 0.15) is 6.54 Å². The van der Waals surface area contributed by atoms with E-state index in [1.165, 1.54) is 30.3 Å². The first-order chi connectivity index (χ1) is 15.3. The highest BCUT2D eigenvalue weighted by atomic mass is 35.5. The Bertz CT molecular complexity index is 1040. The van der Waals surface area contributed by atoms with Crippen molar-refractivity contribution in [2.24, 2.45) is 0 Å². The first-order valence-electron chi connectivity index (χ1n) is 9.17. The number of hydroxylamine groups is 1. The molecule has 3 N–H and O–H groups in total. The van der Waals surface area contributed by atoms with Gasteiger partial charge in [-0.25, -0.2) is 4.79 Å². The fourth-order valence-electron chi connectivity index (χ4n) is 2.98. The van der Waals surface area contributed by atoms with Crippen LogP contribution in [0, 0.1) is 0 Å². The fraction of sp³-hybridized carbons (Fsp3) is 0.250. The molecule has 2 aromatic rings. The second-order valence-electron chi connectivity index (χ2n) is 7.00. The number of carbonyl (C=O) groups is 1. The number of carbonyl (C=O) groups excluding carboxylic acids is 1. The first kappa shape index (κ1) is 25.0. The van der Waals surface area contributed by atoms with E-state index in [0.717, 1.165) is 18.2 Å². The van der Waals surface area contributed by atoms with E-state index >= 15 is 0 Å². The third-order valence-electron chi connectivity index (χ3n) is 4.55. The molecule has 1 aliphatic heterocycles. The summed E-state index contributed by atoms with van der Waals surface area (Å²) in [5, 5.41) is 3.91.